The van der Waals surface area contributed by atoms with E-state index in [2.05, 4.69) is 17.1 Å². The van der Waals surface area contributed by atoms with Crippen LogP contribution in [0.4, 0.5) is 0 Å². The van der Waals surface area contributed by atoms with Gasteiger partial charge in [0, 0.05) is 17.4 Å². The number of amides is 1. The Morgan fingerprint density at radius 2 is 2.09 bits per heavy atom. The van der Waals surface area contributed by atoms with E-state index in [-0.39, 0.29) is 12.1 Å². The molecule has 1 N–H and O–H groups in total. The molecule has 0 spiro atoms. The Hall–Kier alpha value is -2.75. The maximum absolute atomic E-state index is 12.9. The normalized spacial score (nSPS) is 19.1. The number of nitrogens with zero attached hydrogens (tertiary/aromatic N) is 1. The number of rotatable bonds is 0. The first-order chi connectivity index (χ1) is 11.2. The van der Waals surface area contributed by atoms with Gasteiger partial charge in [0.25, 0.3) is 5.91 Å². The second-order valence-corrected chi connectivity index (χ2v) is 6.28. The average Bonchev–Trinajstić information content (AvgIpc) is 2.95. The fourth-order valence-electron chi connectivity index (χ4n) is 3.73. The molecule has 0 aliphatic carbocycles. The van der Waals surface area contributed by atoms with E-state index in [9.17, 15) is 4.79 Å². The van der Waals surface area contributed by atoms with Crippen LogP contribution in [0.5, 0.6) is 5.75 Å². The van der Waals surface area contributed by atoms with Gasteiger partial charge in [0.05, 0.1) is 11.3 Å². The number of carbonyl (C=O) groups excluding carboxylic acids is 1. The highest BCUT2D eigenvalue weighted by atomic mass is 16.5. The molecule has 0 saturated carbocycles. The predicted molar refractivity (Wildman–Crippen MR) is 87.6 cm³/mol. The number of aromatic amines is 1. The number of carbonyl (C=O) groups is 1. The molecule has 3 aromatic rings. The fourth-order valence-corrected chi connectivity index (χ4v) is 3.73. The molecular weight excluding hydrogens is 288 g/mol. The van der Waals surface area contributed by atoms with Crippen molar-refractivity contribution in [1.29, 1.82) is 0 Å². The van der Waals surface area contributed by atoms with Crippen LogP contribution in [0.1, 0.15) is 33.4 Å². The van der Waals surface area contributed by atoms with Crippen LogP contribution in [-0.4, -0.2) is 22.3 Å². The number of para-hydroxylation sites is 1. The van der Waals surface area contributed by atoms with Crippen molar-refractivity contribution >= 4 is 16.8 Å². The van der Waals surface area contributed by atoms with Gasteiger partial charge in [-0.25, -0.2) is 0 Å². The first-order valence-electron chi connectivity index (χ1n) is 7.90. The molecule has 4 nitrogen and oxygen atoms in total. The van der Waals surface area contributed by atoms with Gasteiger partial charge in [-0.2, -0.15) is 0 Å². The van der Waals surface area contributed by atoms with Crippen molar-refractivity contribution in [2.24, 2.45) is 0 Å². The van der Waals surface area contributed by atoms with E-state index in [0.29, 0.717) is 17.9 Å². The molecule has 1 atom stereocenters. The Kier molecular flexibility index (Phi) is 2.43. The Labute approximate surface area is 133 Å². The summed E-state index contributed by atoms with van der Waals surface area (Å²) in [5.74, 6) is 0.734. The van der Waals surface area contributed by atoms with Crippen molar-refractivity contribution in [3.63, 3.8) is 0 Å². The third-order valence-corrected chi connectivity index (χ3v) is 4.84. The van der Waals surface area contributed by atoms with E-state index >= 15 is 0 Å². The lowest BCUT2D eigenvalue weighted by Crippen LogP contribution is -2.45. The smallest absolute Gasteiger partial charge is 0.260 e. The van der Waals surface area contributed by atoms with E-state index in [1.54, 1.807) is 0 Å². The molecule has 23 heavy (non-hydrogen) atoms. The Morgan fingerprint density at radius 3 is 3.00 bits per heavy atom. The molecule has 0 bridgehead atoms. The van der Waals surface area contributed by atoms with Crippen molar-refractivity contribution in [2.75, 3.05) is 6.54 Å². The Balaban J connectivity index is 1.69. The van der Waals surface area contributed by atoms with Crippen molar-refractivity contribution in [3.05, 3.63) is 64.8 Å². The zero-order valence-corrected chi connectivity index (χ0v) is 12.8. The first-order valence-corrected chi connectivity index (χ1v) is 7.90. The SMILES string of the molecule is Cc1ccc2c(c1)C(=O)N1CCc3c([nH]c4ccccc34)C1O2. The maximum Gasteiger partial charge on any atom is 0.260 e. The maximum atomic E-state index is 12.9. The molecule has 0 radical (unpaired) electrons. The summed E-state index contributed by atoms with van der Waals surface area (Å²) in [6.45, 7) is 2.68. The zero-order valence-electron chi connectivity index (χ0n) is 12.8. The molecule has 2 aliphatic heterocycles. The average molecular weight is 304 g/mol. The predicted octanol–water partition coefficient (Wildman–Crippen LogP) is 3.57. The number of nitrogens with one attached hydrogen (secondary N) is 1. The van der Waals surface area contributed by atoms with Crippen LogP contribution in [0.15, 0.2) is 42.5 Å². The summed E-state index contributed by atoms with van der Waals surface area (Å²) in [4.78, 5) is 18.2. The van der Waals surface area contributed by atoms with Crippen molar-refractivity contribution in [2.45, 2.75) is 19.6 Å². The van der Waals surface area contributed by atoms with Crippen LogP contribution >= 0.6 is 0 Å². The lowest BCUT2D eigenvalue weighted by atomic mass is 9.99. The van der Waals surface area contributed by atoms with Gasteiger partial charge in [-0.05, 0) is 37.1 Å². The van der Waals surface area contributed by atoms with Gasteiger partial charge in [-0.15, -0.1) is 0 Å². The number of hydrogen-bond acceptors (Lipinski definition) is 2. The number of aromatic nitrogens is 1. The van der Waals surface area contributed by atoms with E-state index in [4.69, 9.17) is 4.74 Å². The molecule has 4 heteroatoms. The van der Waals surface area contributed by atoms with Crippen LogP contribution in [-0.2, 0) is 6.42 Å². The van der Waals surface area contributed by atoms with Gasteiger partial charge in [0.1, 0.15) is 5.75 Å². The number of hydrogen-bond donors (Lipinski definition) is 1. The molecule has 0 fully saturated rings. The first kappa shape index (κ1) is 12.8. The van der Waals surface area contributed by atoms with Gasteiger partial charge in [0.15, 0.2) is 0 Å². The molecule has 2 aliphatic rings. The largest absolute Gasteiger partial charge is 0.464 e. The number of aryl methyl sites for hydroxylation is 1. The van der Waals surface area contributed by atoms with Crippen LogP contribution < -0.4 is 4.74 Å². The van der Waals surface area contributed by atoms with Gasteiger partial charge in [-0.1, -0.05) is 29.8 Å². The third kappa shape index (κ3) is 1.69. The highest BCUT2D eigenvalue weighted by Crippen LogP contribution is 2.41. The lowest BCUT2D eigenvalue weighted by Gasteiger charge is -2.39. The highest BCUT2D eigenvalue weighted by Gasteiger charge is 2.39. The third-order valence-electron chi connectivity index (χ3n) is 4.84. The van der Waals surface area contributed by atoms with Crippen LogP contribution in [0.2, 0.25) is 0 Å². The van der Waals surface area contributed by atoms with Gasteiger partial charge >= 0.3 is 0 Å². The lowest BCUT2D eigenvalue weighted by molar-refractivity contribution is 0.00200. The van der Waals surface area contributed by atoms with Crippen LogP contribution in [0.3, 0.4) is 0 Å². The van der Waals surface area contributed by atoms with Gasteiger partial charge in [0.2, 0.25) is 6.23 Å². The highest BCUT2D eigenvalue weighted by molar-refractivity contribution is 5.99. The summed E-state index contributed by atoms with van der Waals surface area (Å²) in [6, 6.07) is 14.1. The van der Waals surface area contributed by atoms with E-state index in [0.717, 1.165) is 23.2 Å². The molecule has 3 heterocycles. The van der Waals surface area contributed by atoms with Crippen molar-refractivity contribution in [1.82, 2.24) is 9.88 Å². The van der Waals surface area contributed by atoms with Crippen LogP contribution in [0, 0.1) is 6.92 Å². The molecule has 2 aromatic carbocycles. The molecule has 0 saturated heterocycles. The molecule has 1 aromatic heterocycles. The second-order valence-electron chi connectivity index (χ2n) is 6.28. The van der Waals surface area contributed by atoms with E-state index in [1.807, 2.05) is 42.2 Å². The fraction of sp³-hybridized carbons (Fsp3) is 0.211. The number of H-pyrrole nitrogens is 1. The number of benzene rings is 2. The minimum atomic E-state index is -0.353. The summed E-state index contributed by atoms with van der Waals surface area (Å²) in [5.41, 5.74) is 5.12. The summed E-state index contributed by atoms with van der Waals surface area (Å²) >= 11 is 0. The minimum Gasteiger partial charge on any atom is -0.464 e. The Bertz CT molecular complexity index is 957. The summed E-state index contributed by atoms with van der Waals surface area (Å²) in [5, 5.41) is 1.23. The Morgan fingerprint density at radius 1 is 1.22 bits per heavy atom. The minimum absolute atomic E-state index is 0.0595. The topological polar surface area (TPSA) is 45.3 Å². The molecule has 1 amide bonds. The van der Waals surface area contributed by atoms with E-state index in [1.165, 1.54) is 10.9 Å². The van der Waals surface area contributed by atoms with Crippen LogP contribution in [0.25, 0.3) is 10.9 Å². The molecule has 5 rings (SSSR count). The second kappa shape index (κ2) is 4.38. The zero-order chi connectivity index (χ0) is 15.6. The molecule has 114 valence electrons. The number of fused-ring (bicyclic) bond motifs is 6. The molecular formula is C19H16N2O2. The number of ether oxygens (including phenoxy) is 1. The monoisotopic (exact) mass is 304 g/mol. The van der Waals surface area contributed by atoms with Gasteiger partial charge < -0.3 is 9.72 Å². The summed E-state index contributed by atoms with van der Waals surface area (Å²) in [7, 11) is 0. The van der Waals surface area contributed by atoms with Crippen molar-refractivity contribution in [3.8, 4) is 5.75 Å². The summed E-state index contributed by atoms with van der Waals surface area (Å²) < 4.78 is 6.19. The van der Waals surface area contributed by atoms with Gasteiger partial charge in [-0.3, -0.25) is 9.69 Å². The van der Waals surface area contributed by atoms with Crippen molar-refractivity contribution < 1.29 is 9.53 Å². The molecule has 1 unspecified atom stereocenters. The van der Waals surface area contributed by atoms with E-state index < -0.39 is 0 Å². The summed E-state index contributed by atoms with van der Waals surface area (Å²) in [6.07, 6.45) is 0.500. The standard InChI is InChI=1S/C19H16N2O2/c1-11-6-7-16-14(10-11)18(22)21-9-8-13-12-4-2-3-5-15(12)20-17(13)19(21)23-16/h2-7,10,19-20H,8-9H2,1H3. The quantitative estimate of drug-likeness (QED) is 0.690.